The SMILES string of the molecule is Cc1nc(CNC(=O)NC(CC(=O)O)C2CC2)no1. The van der Waals surface area contributed by atoms with Crippen LogP contribution < -0.4 is 10.6 Å². The van der Waals surface area contributed by atoms with Crippen molar-refractivity contribution in [3.8, 4) is 0 Å². The molecule has 0 saturated heterocycles. The molecule has 1 unspecified atom stereocenters. The summed E-state index contributed by atoms with van der Waals surface area (Å²) in [5.41, 5.74) is 0. The number of aliphatic carboxylic acids is 1. The number of carbonyl (C=O) groups is 2. The second kappa shape index (κ2) is 5.68. The number of aryl methyl sites for hydroxylation is 1. The Bertz CT molecular complexity index is 469. The lowest BCUT2D eigenvalue weighted by atomic mass is 10.1. The van der Waals surface area contributed by atoms with Crippen molar-refractivity contribution < 1.29 is 19.2 Å². The van der Waals surface area contributed by atoms with Crippen LogP contribution in [0.25, 0.3) is 0 Å². The lowest BCUT2D eigenvalue weighted by Gasteiger charge is -2.16. The van der Waals surface area contributed by atoms with Crippen LogP contribution in [0.4, 0.5) is 4.79 Å². The molecule has 1 aromatic heterocycles. The minimum atomic E-state index is -0.911. The van der Waals surface area contributed by atoms with Gasteiger partial charge in [0.15, 0.2) is 5.82 Å². The fourth-order valence-electron chi connectivity index (χ4n) is 1.81. The van der Waals surface area contributed by atoms with Crippen molar-refractivity contribution in [1.82, 2.24) is 20.8 Å². The predicted molar refractivity (Wildman–Crippen MR) is 63.2 cm³/mol. The van der Waals surface area contributed by atoms with E-state index in [-0.39, 0.29) is 24.9 Å². The molecule has 3 N–H and O–H groups in total. The highest BCUT2D eigenvalue weighted by Gasteiger charge is 2.33. The van der Waals surface area contributed by atoms with E-state index in [1.165, 1.54) is 0 Å². The topological polar surface area (TPSA) is 117 Å². The number of hydrogen-bond donors (Lipinski definition) is 3. The van der Waals surface area contributed by atoms with Crippen LogP contribution in [0.3, 0.4) is 0 Å². The first-order valence-electron chi connectivity index (χ1n) is 6.10. The van der Waals surface area contributed by atoms with E-state index >= 15 is 0 Å². The lowest BCUT2D eigenvalue weighted by molar-refractivity contribution is -0.137. The van der Waals surface area contributed by atoms with Gasteiger partial charge in [0.25, 0.3) is 0 Å². The number of carbonyl (C=O) groups excluding carboxylic acids is 1. The van der Waals surface area contributed by atoms with Gasteiger partial charge < -0.3 is 20.3 Å². The zero-order valence-electron chi connectivity index (χ0n) is 10.5. The fourth-order valence-corrected chi connectivity index (χ4v) is 1.81. The molecule has 0 bridgehead atoms. The highest BCUT2D eigenvalue weighted by atomic mass is 16.5. The van der Waals surface area contributed by atoms with Crippen molar-refractivity contribution in [3.05, 3.63) is 11.7 Å². The lowest BCUT2D eigenvalue weighted by Crippen LogP contribution is -2.44. The van der Waals surface area contributed by atoms with Crippen molar-refractivity contribution in [1.29, 1.82) is 0 Å². The van der Waals surface area contributed by atoms with Gasteiger partial charge in [-0.25, -0.2) is 4.79 Å². The molecular formula is C11H16N4O4. The molecule has 0 spiro atoms. The summed E-state index contributed by atoms with van der Waals surface area (Å²) in [6.45, 7) is 1.81. The Hall–Kier alpha value is -2.12. The van der Waals surface area contributed by atoms with E-state index in [4.69, 9.17) is 9.63 Å². The van der Waals surface area contributed by atoms with Gasteiger partial charge in [-0.05, 0) is 18.8 Å². The molecule has 19 heavy (non-hydrogen) atoms. The summed E-state index contributed by atoms with van der Waals surface area (Å²) in [5.74, 6) is 0.174. The average molecular weight is 268 g/mol. The molecule has 0 radical (unpaired) electrons. The summed E-state index contributed by atoms with van der Waals surface area (Å²) in [6.07, 6.45) is 1.87. The number of hydrogen-bond acceptors (Lipinski definition) is 5. The Labute approximate surface area is 109 Å². The second-order valence-electron chi connectivity index (χ2n) is 4.60. The third-order valence-electron chi connectivity index (χ3n) is 2.88. The molecule has 0 aromatic carbocycles. The Kier molecular flexibility index (Phi) is 3.98. The number of carboxylic acid groups (broad SMARTS) is 1. The average Bonchev–Trinajstić information content (AvgIpc) is 3.09. The molecule has 104 valence electrons. The molecule has 1 heterocycles. The minimum Gasteiger partial charge on any atom is -0.481 e. The van der Waals surface area contributed by atoms with Crippen molar-refractivity contribution in [3.63, 3.8) is 0 Å². The zero-order chi connectivity index (χ0) is 13.8. The molecule has 1 fully saturated rings. The highest BCUT2D eigenvalue weighted by molar-refractivity contribution is 5.75. The summed E-state index contributed by atoms with van der Waals surface area (Å²) in [4.78, 5) is 26.3. The molecule has 1 aliphatic carbocycles. The van der Waals surface area contributed by atoms with Gasteiger partial charge in [-0.3, -0.25) is 4.79 Å². The summed E-state index contributed by atoms with van der Waals surface area (Å²) >= 11 is 0. The van der Waals surface area contributed by atoms with Crippen LogP contribution >= 0.6 is 0 Å². The van der Waals surface area contributed by atoms with Gasteiger partial charge in [0.2, 0.25) is 5.89 Å². The molecular weight excluding hydrogens is 252 g/mol. The van der Waals surface area contributed by atoms with E-state index in [9.17, 15) is 9.59 Å². The molecule has 0 aliphatic heterocycles. The standard InChI is InChI=1S/C11H16N4O4/c1-6-13-9(15-19-6)5-12-11(18)14-8(4-10(16)17)7-2-3-7/h7-8H,2-5H2,1H3,(H,16,17)(H2,12,14,18). The first kappa shape index (κ1) is 13.3. The Morgan fingerprint density at radius 2 is 2.26 bits per heavy atom. The first-order chi connectivity index (χ1) is 9.04. The molecule has 2 rings (SSSR count). The van der Waals surface area contributed by atoms with Gasteiger partial charge in [-0.1, -0.05) is 5.16 Å². The predicted octanol–water partition coefficient (Wildman–Crippen LogP) is 0.431. The van der Waals surface area contributed by atoms with Crippen molar-refractivity contribution in [2.24, 2.45) is 5.92 Å². The summed E-state index contributed by atoms with van der Waals surface area (Å²) in [5, 5.41) is 17.7. The van der Waals surface area contributed by atoms with Gasteiger partial charge in [0, 0.05) is 13.0 Å². The van der Waals surface area contributed by atoms with Crippen LogP contribution in [0.2, 0.25) is 0 Å². The van der Waals surface area contributed by atoms with Crippen LogP contribution in [-0.2, 0) is 11.3 Å². The van der Waals surface area contributed by atoms with E-state index in [0.717, 1.165) is 12.8 Å². The number of nitrogens with zero attached hydrogens (tertiary/aromatic N) is 2. The van der Waals surface area contributed by atoms with Gasteiger partial charge in [-0.15, -0.1) is 0 Å². The van der Waals surface area contributed by atoms with Gasteiger partial charge >= 0.3 is 12.0 Å². The Morgan fingerprint density at radius 1 is 1.53 bits per heavy atom. The maximum absolute atomic E-state index is 11.6. The molecule has 1 aromatic rings. The molecule has 2 amide bonds. The van der Waals surface area contributed by atoms with Crippen molar-refractivity contribution >= 4 is 12.0 Å². The summed E-state index contributed by atoms with van der Waals surface area (Å²) in [7, 11) is 0. The Morgan fingerprint density at radius 3 is 2.79 bits per heavy atom. The van der Waals surface area contributed by atoms with E-state index in [1.54, 1.807) is 6.92 Å². The quantitative estimate of drug-likeness (QED) is 0.688. The van der Waals surface area contributed by atoms with E-state index in [0.29, 0.717) is 11.7 Å². The van der Waals surface area contributed by atoms with Gasteiger partial charge in [-0.2, -0.15) is 4.98 Å². The summed E-state index contributed by atoms with van der Waals surface area (Å²) in [6, 6.07) is -0.731. The monoisotopic (exact) mass is 268 g/mol. The number of aromatic nitrogens is 2. The van der Waals surface area contributed by atoms with E-state index in [1.807, 2.05) is 0 Å². The minimum absolute atomic E-state index is 0.0561. The van der Waals surface area contributed by atoms with Crippen LogP contribution in [0, 0.1) is 12.8 Å². The molecule has 1 aliphatic rings. The fraction of sp³-hybridized carbons (Fsp3) is 0.636. The number of rotatable bonds is 6. The van der Waals surface area contributed by atoms with Gasteiger partial charge in [0.05, 0.1) is 13.0 Å². The number of carboxylic acids is 1. The highest BCUT2D eigenvalue weighted by Crippen LogP contribution is 2.33. The van der Waals surface area contributed by atoms with Crippen LogP contribution in [0.5, 0.6) is 0 Å². The normalized spacial score (nSPS) is 15.8. The van der Waals surface area contributed by atoms with Gasteiger partial charge in [0.1, 0.15) is 0 Å². The molecule has 8 heteroatoms. The van der Waals surface area contributed by atoms with Crippen LogP contribution in [0.15, 0.2) is 4.52 Å². The maximum atomic E-state index is 11.6. The van der Waals surface area contributed by atoms with E-state index < -0.39 is 12.0 Å². The van der Waals surface area contributed by atoms with Crippen LogP contribution in [0.1, 0.15) is 31.0 Å². The van der Waals surface area contributed by atoms with Crippen molar-refractivity contribution in [2.45, 2.75) is 38.8 Å². The molecule has 8 nitrogen and oxygen atoms in total. The third kappa shape index (κ3) is 4.23. The number of amides is 2. The third-order valence-corrected chi connectivity index (χ3v) is 2.88. The second-order valence-corrected chi connectivity index (χ2v) is 4.60. The zero-order valence-corrected chi connectivity index (χ0v) is 10.5. The first-order valence-corrected chi connectivity index (χ1v) is 6.10. The van der Waals surface area contributed by atoms with Crippen LogP contribution in [-0.4, -0.2) is 33.3 Å². The largest absolute Gasteiger partial charge is 0.481 e. The number of nitrogens with one attached hydrogen (secondary N) is 2. The Balaban J connectivity index is 1.77. The molecule has 1 saturated carbocycles. The summed E-state index contributed by atoms with van der Waals surface area (Å²) < 4.78 is 4.77. The number of urea groups is 1. The maximum Gasteiger partial charge on any atom is 0.315 e. The molecule has 1 atom stereocenters. The smallest absolute Gasteiger partial charge is 0.315 e. The van der Waals surface area contributed by atoms with E-state index in [2.05, 4.69) is 20.8 Å². The van der Waals surface area contributed by atoms with Crippen molar-refractivity contribution in [2.75, 3.05) is 0 Å².